The van der Waals surface area contributed by atoms with Gasteiger partial charge in [0.05, 0.1) is 0 Å². The summed E-state index contributed by atoms with van der Waals surface area (Å²) in [6.45, 7) is 4.28. The fraction of sp³-hybridized carbons (Fsp3) is 0.556. The van der Waals surface area contributed by atoms with Crippen LogP contribution in [-0.4, -0.2) is 4.83 Å². The molecule has 0 rings (SSSR count). The molecule has 0 heterocycles. The van der Waals surface area contributed by atoms with Gasteiger partial charge in [-0.15, -0.1) is 0 Å². The molecule has 0 aromatic rings. The average Bonchev–Trinajstić information content (AvgIpc) is 1.87. The van der Waals surface area contributed by atoms with Gasteiger partial charge in [-0.05, 0) is 13.3 Å². The van der Waals surface area contributed by atoms with Gasteiger partial charge in [-0.25, -0.2) is 0 Å². The lowest BCUT2D eigenvalue weighted by atomic mass is 10.3. The van der Waals surface area contributed by atoms with Crippen molar-refractivity contribution in [2.75, 3.05) is 0 Å². The number of hydrogen-bond donors (Lipinski definition) is 0. The van der Waals surface area contributed by atoms with Crippen LogP contribution in [0.4, 0.5) is 0 Å². The fourth-order valence-corrected chi connectivity index (χ4v) is 0.735. The number of hydrogen-bond acceptors (Lipinski definition) is 0. The highest BCUT2D eigenvalue weighted by Crippen LogP contribution is 1.98. The van der Waals surface area contributed by atoms with Gasteiger partial charge in [-0.3, -0.25) is 0 Å². The highest BCUT2D eigenvalue weighted by molar-refractivity contribution is 9.09. The molecule has 0 spiro atoms. The molecule has 0 N–H and O–H groups in total. The molecule has 0 saturated carbocycles. The van der Waals surface area contributed by atoms with Gasteiger partial charge < -0.3 is 0 Å². The molecule has 0 saturated heterocycles. The molecule has 0 bridgehead atoms. The number of halogens is 1. The van der Waals surface area contributed by atoms with Crippen molar-refractivity contribution in [1.29, 1.82) is 0 Å². The smallest absolute Gasteiger partial charge is 0.0300 e. The lowest BCUT2D eigenvalue weighted by molar-refractivity contribution is 0.959. The van der Waals surface area contributed by atoms with E-state index in [2.05, 4.69) is 54.1 Å². The Morgan fingerprint density at radius 3 is 2.60 bits per heavy atom. The second-order valence-corrected chi connectivity index (χ2v) is 3.72. The first-order chi connectivity index (χ1) is 4.77. The van der Waals surface area contributed by atoms with Crippen molar-refractivity contribution in [2.45, 2.75) is 31.5 Å². The Morgan fingerprint density at radius 1 is 1.40 bits per heavy atom. The molecular formula is C9H15Br. The third kappa shape index (κ3) is 7.96. The summed E-state index contributed by atoms with van der Waals surface area (Å²) < 4.78 is 0. The fourth-order valence-electron chi connectivity index (χ4n) is 0.559. The van der Waals surface area contributed by atoms with E-state index in [0.29, 0.717) is 4.83 Å². The maximum atomic E-state index is 3.42. The largest absolute Gasteiger partial charge is 0.0848 e. The van der Waals surface area contributed by atoms with Crippen LogP contribution >= 0.6 is 15.9 Å². The molecule has 58 valence electrons. The quantitative estimate of drug-likeness (QED) is 0.483. The molecule has 1 heteroatoms. The minimum Gasteiger partial charge on any atom is -0.0848 e. The van der Waals surface area contributed by atoms with Gasteiger partial charge in [-0.1, -0.05) is 53.6 Å². The summed E-state index contributed by atoms with van der Waals surface area (Å²) in [5, 5.41) is 0. The molecular weight excluding hydrogens is 188 g/mol. The van der Waals surface area contributed by atoms with E-state index in [-0.39, 0.29) is 0 Å². The van der Waals surface area contributed by atoms with Crippen LogP contribution in [-0.2, 0) is 0 Å². The van der Waals surface area contributed by atoms with E-state index in [1.165, 1.54) is 12.8 Å². The maximum absolute atomic E-state index is 3.42. The van der Waals surface area contributed by atoms with Crippen LogP contribution in [0, 0.1) is 0 Å². The van der Waals surface area contributed by atoms with E-state index in [1.54, 1.807) is 0 Å². The summed E-state index contributed by atoms with van der Waals surface area (Å²) in [4.78, 5) is 0.485. The Bertz CT molecular complexity index is 112. The van der Waals surface area contributed by atoms with Crippen molar-refractivity contribution in [2.24, 2.45) is 0 Å². The highest BCUT2D eigenvalue weighted by atomic mass is 79.9. The van der Waals surface area contributed by atoms with Crippen LogP contribution in [0.5, 0.6) is 0 Å². The van der Waals surface area contributed by atoms with Gasteiger partial charge >= 0.3 is 0 Å². The number of rotatable bonds is 4. The van der Waals surface area contributed by atoms with Crippen molar-refractivity contribution in [3.8, 4) is 0 Å². The van der Waals surface area contributed by atoms with Gasteiger partial charge in [0, 0.05) is 4.83 Å². The highest BCUT2D eigenvalue weighted by Gasteiger charge is 1.81. The van der Waals surface area contributed by atoms with Gasteiger partial charge in [0.1, 0.15) is 0 Å². The Morgan fingerprint density at radius 2 is 2.10 bits per heavy atom. The summed E-state index contributed by atoms with van der Waals surface area (Å²) in [7, 11) is 0. The van der Waals surface area contributed by atoms with Crippen LogP contribution in [0.3, 0.4) is 0 Å². The molecule has 0 amide bonds. The molecule has 0 aliphatic rings. The Labute approximate surface area is 72.1 Å². The first-order valence-electron chi connectivity index (χ1n) is 3.74. The van der Waals surface area contributed by atoms with E-state index in [0.717, 1.165) is 0 Å². The second-order valence-electron chi connectivity index (χ2n) is 2.28. The van der Waals surface area contributed by atoms with Crippen molar-refractivity contribution in [3.05, 3.63) is 24.3 Å². The molecule has 1 atom stereocenters. The number of allylic oxidation sites excluding steroid dienone is 4. The minimum absolute atomic E-state index is 0.485. The predicted molar refractivity (Wildman–Crippen MR) is 51.6 cm³/mol. The van der Waals surface area contributed by atoms with Crippen molar-refractivity contribution in [3.63, 3.8) is 0 Å². The monoisotopic (exact) mass is 202 g/mol. The van der Waals surface area contributed by atoms with Crippen LogP contribution in [0.15, 0.2) is 24.3 Å². The van der Waals surface area contributed by atoms with E-state index < -0.39 is 0 Å². The van der Waals surface area contributed by atoms with Gasteiger partial charge in [-0.2, -0.15) is 0 Å². The molecule has 0 aliphatic carbocycles. The molecule has 1 unspecified atom stereocenters. The summed E-state index contributed by atoms with van der Waals surface area (Å²) in [5.41, 5.74) is 0. The van der Waals surface area contributed by atoms with Gasteiger partial charge in [0.2, 0.25) is 0 Å². The lowest BCUT2D eigenvalue weighted by Crippen LogP contribution is -1.77. The van der Waals surface area contributed by atoms with E-state index in [1.807, 2.05) is 0 Å². The Balaban J connectivity index is 3.32. The first kappa shape index (κ1) is 9.96. The summed E-state index contributed by atoms with van der Waals surface area (Å²) in [6, 6.07) is 0. The lowest BCUT2D eigenvalue weighted by Gasteiger charge is -1.87. The predicted octanol–water partition coefficient (Wildman–Crippen LogP) is 3.68. The van der Waals surface area contributed by atoms with E-state index >= 15 is 0 Å². The zero-order valence-corrected chi connectivity index (χ0v) is 8.26. The summed E-state index contributed by atoms with van der Waals surface area (Å²) >= 11 is 3.42. The number of alkyl halides is 1. The summed E-state index contributed by atoms with van der Waals surface area (Å²) in [5.74, 6) is 0. The molecule has 0 aromatic heterocycles. The molecule has 0 nitrogen and oxygen atoms in total. The molecule has 0 aromatic carbocycles. The second kappa shape index (κ2) is 7.07. The number of unbranched alkanes of at least 4 members (excludes halogenated alkanes) is 1. The zero-order valence-electron chi connectivity index (χ0n) is 6.68. The summed E-state index contributed by atoms with van der Waals surface area (Å²) in [6.07, 6.45) is 10.9. The third-order valence-corrected chi connectivity index (χ3v) is 1.38. The molecule has 0 aliphatic heterocycles. The standard InChI is InChI=1S/C9H15Br/c1-3-4-5-6-7-8-9(2)10/h5-9H,3-4H2,1-2H3/b6-5-,8-7-. The van der Waals surface area contributed by atoms with Crippen LogP contribution in [0.25, 0.3) is 0 Å². The van der Waals surface area contributed by atoms with E-state index in [4.69, 9.17) is 0 Å². The SMILES string of the molecule is CCC/C=C\C=C/C(C)Br. The van der Waals surface area contributed by atoms with Crippen molar-refractivity contribution < 1.29 is 0 Å². The Hall–Kier alpha value is -0.0400. The average molecular weight is 203 g/mol. The maximum Gasteiger partial charge on any atom is 0.0300 e. The van der Waals surface area contributed by atoms with Gasteiger partial charge in [0.25, 0.3) is 0 Å². The molecule has 0 fully saturated rings. The molecule has 10 heavy (non-hydrogen) atoms. The van der Waals surface area contributed by atoms with Crippen LogP contribution < -0.4 is 0 Å². The van der Waals surface area contributed by atoms with E-state index in [9.17, 15) is 0 Å². The first-order valence-corrected chi connectivity index (χ1v) is 4.66. The molecule has 0 radical (unpaired) electrons. The van der Waals surface area contributed by atoms with Crippen molar-refractivity contribution in [1.82, 2.24) is 0 Å². The topological polar surface area (TPSA) is 0 Å². The van der Waals surface area contributed by atoms with Crippen LogP contribution in [0.2, 0.25) is 0 Å². The minimum atomic E-state index is 0.485. The Kier molecular flexibility index (Phi) is 7.04. The zero-order chi connectivity index (χ0) is 7.82. The third-order valence-electron chi connectivity index (χ3n) is 1.08. The van der Waals surface area contributed by atoms with Crippen LogP contribution in [0.1, 0.15) is 26.7 Å². The van der Waals surface area contributed by atoms with Gasteiger partial charge in [0.15, 0.2) is 0 Å². The van der Waals surface area contributed by atoms with Crippen molar-refractivity contribution >= 4 is 15.9 Å². The normalized spacial score (nSPS) is 15.1.